The summed E-state index contributed by atoms with van der Waals surface area (Å²) in [6.07, 6.45) is 4.01. The number of nitrogens with one attached hydrogen (secondary N) is 2. The van der Waals surface area contributed by atoms with Gasteiger partial charge in [-0.2, -0.15) is 0 Å². The van der Waals surface area contributed by atoms with Gasteiger partial charge in [-0.1, -0.05) is 18.7 Å². The average molecular weight is 241 g/mol. The van der Waals surface area contributed by atoms with Crippen LogP contribution >= 0.6 is 11.8 Å². The molecule has 4 nitrogen and oxygen atoms in total. The Morgan fingerprint density at radius 3 is 3.00 bits per heavy atom. The molecule has 0 aromatic carbocycles. The van der Waals surface area contributed by atoms with Crippen molar-refractivity contribution in [3.8, 4) is 0 Å². The Kier molecular flexibility index (Phi) is 4.09. The number of amides is 1. The molecule has 0 radical (unpaired) electrons. The molecule has 0 aromatic heterocycles. The number of thioether (sulfide) groups is 1. The quantitative estimate of drug-likeness (QED) is 0.758. The van der Waals surface area contributed by atoms with Crippen molar-refractivity contribution >= 4 is 22.8 Å². The minimum atomic E-state index is 0.158. The summed E-state index contributed by atoms with van der Waals surface area (Å²) in [7, 11) is 0. The first-order valence-corrected chi connectivity index (χ1v) is 6.90. The average Bonchev–Trinajstić information content (AvgIpc) is 2.96. The second kappa shape index (κ2) is 5.57. The highest BCUT2D eigenvalue weighted by Crippen LogP contribution is 2.21. The van der Waals surface area contributed by atoms with E-state index in [2.05, 4.69) is 22.5 Å². The zero-order chi connectivity index (χ0) is 11.4. The fourth-order valence-electron chi connectivity index (χ4n) is 1.54. The highest BCUT2D eigenvalue weighted by molar-refractivity contribution is 8.14. The van der Waals surface area contributed by atoms with E-state index in [9.17, 15) is 4.79 Å². The zero-order valence-corrected chi connectivity index (χ0v) is 10.5. The number of nitrogens with zero attached hydrogens (tertiary/aromatic N) is 1. The van der Waals surface area contributed by atoms with Crippen LogP contribution in [0.1, 0.15) is 32.6 Å². The van der Waals surface area contributed by atoms with Gasteiger partial charge in [0.2, 0.25) is 5.91 Å². The lowest BCUT2D eigenvalue weighted by molar-refractivity contribution is -0.121. The van der Waals surface area contributed by atoms with Crippen molar-refractivity contribution < 1.29 is 4.79 Å². The van der Waals surface area contributed by atoms with E-state index < -0.39 is 0 Å². The Bertz CT molecular complexity index is 289. The monoisotopic (exact) mass is 241 g/mol. The number of carbonyl (C=O) groups excluding carboxylic acids is 1. The van der Waals surface area contributed by atoms with Crippen LogP contribution in [0.15, 0.2) is 4.99 Å². The number of hydrogen-bond acceptors (Lipinski definition) is 4. The van der Waals surface area contributed by atoms with Gasteiger partial charge in [0.15, 0.2) is 5.17 Å². The highest BCUT2D eigenvalue weighted by atomic mass is 32.2. The first-order chi connectivity index (χ1) is 7.78. The van der Waals surface area contributed by atoms with Gasteiger partial charge in [-0.15, -0.1) is 0 Å². The molecule has 90 valence electrons. The number of hydrogen-bond donors (Lipinski definition) is 2. The number of carbonyl (C=O) groups is 1. The van der Waals surface area contributed by atoms with Crippen LogP contribution in [0.2, 0.25) is 0 Å². The standard InChI is InChI=1S/C11H19N3OS/c1-2-9-7-13-11(16-9)12-6-5-10(15)14-8-3-4-8/h8-9H,2-7H2,1H3,(H,12,13)(H,14,15). The van der Waals surface area contributed by atoms with Crippen molar-refractivity contribution in [1.82, 2.24) is 10.6 Å². The zero-order valence-electron chi connectivity index (χ0n) is 9.66. The SMILES string of the molecule is CCC1CN=C(NCCC(=O)NC2CC2)S1. The summed E-state index contributed by atoms with van der Waals surface area (Å²) < 4.78 is 0. The maximum Gasteiger partial charge on any atom is 0.221 e. The second-order valence-electron chi connectivity index (χ2n) is 4.31. The Balaban J connectivity index is 1.55. The summed E-state index contributed by atoms with van der Waals surface area (Å²) in [6, 6.07) is 0.468. The van der Waals surface area contributed by atoms with Gasteiger partial charge >= 0.3 is 0 Å². The third kappa shape index (κ3) is 3.70. The van der Waals surface area contributed by atoms with Crippen molar-refractivity contribution in [1.29, 1.82) is 0 Å². The summed E-state index contributed by atoms with van der Waals surface area (Å²) in [5.74, 6) is 0.158. The molecule has 1 saturated carbocycles. The largest absolute Gasteiger partial charge is 0.364 e. The molecule has 16 heavy (non-hydrogen) atoms. The fraction of sp³-hybridized carbons (Fsp3) is 0.818. The summed E-state index contributed by atoms with van der Waals surface area (Å²) in [5, 5.41) is 7.83. The molecule has 1 unspecified atom stereocenters. The molecule has 2 rings (SSSR count). The molecule has 1 aliphatic heterocycles. The van der Waals surface area contributed by atoms with E-state index in [1.54, 1.807) is 11.8 Å². The molecule has 5 heteroatoms. The summed E-state index contributed by atoms with van der Waals surface area (Å²) in [5.41, 5.74) is 0. The van der Waals surface area contributed by atoms with E-state index in [1.165, 1.54) is 0 Å². The first kappa shape index (κ1) is 11.8. The van der Waals surface area contributed by atoms with Crippen molar-refractivity contribution in [2.45, 2.75) is 43.9 Å². The Morgan fingerprint density at radius 1 is 1.56 bits per heavy atom. The topological polar surface area (TPSA) is 53.5 Å². The number of amidine groups is 1. The molecule has 2 aliphatic rings. The maximum atomic E-state index is 11.4. The summed E-state index contributed by atoms with van der Waals surface area (Å²) in [6.45, 7) is 3.79. The van der Waals surface area contributed by atoms with Gasteiger partial charge in [-0.25, -0.2) is 0 Å². The lowest BCUT2D eigenvalue weighted by Gasteiger charge is -2.07. The van der Waals surface area contributed by atoms with Crippen LogP contribution in [0.5, 0.6) is 0 Å². The third-order valence-corrected chi connectivity index (χ3v) is 4.06. The molecular formula is C11H19N3OS. The molecule has 1 fully saturated rings. The molecule has 0 aromatic rings. The van der Waals surface area contributed by atoms with Crippen LogP contribution in [0, 0.1) is 0 Å². The highest BCUT2D eigenvalue weighted by Gasteiger charge is 2.23. The summed E-state index contributed by atoms with van der Waals surface area (Å²) in [4.78, 5) is 15.8. The van der Waals surface area contributed by atoms with Crippen LogP contribution in [0.25, 0.3) is 0 Å². The van der Waals surface area contributed by atoms with Crippen molar-refractivity contribution in [2.24, 2.45) is 4.99 Å². The predicted octanol–water partition coefficient (Wildman–Crippen LogP) is 1.13. The van der Waals surface area contributed by atoms with Crippen molar-refractivity contribution in [3.05, 3.63) is 0 Å². The molecule has 1 heterocycles. The smallest absolute Gasteiger partial charge is 0.221 e. The summed E-state index contributed by atoms with van der Waals surface area (Å²) >= 11 is 1.80. The Morgan fingerprint density at radius 2 is 2.38 bits per heavy atom. The van der Waals surface area contributed by atoms with Gasteiger partial charge < -0.3 is 10.6 Å². The molecule has 1 aliphatic carbocycles. The maximum absolute atomic E-state index is 11.4. The Labute approximate surface area is 101 Å². The van der Waals surface area contributed by atoms with E-state index in [0.717, 1.165) is 31.0 Å². The number of rotatable bonds is 5. The van der Waals surface area contributed by atoms with E-state index in [0.29, 0.717) is 24.3 Å². The van der Waals surface area contributed by atoms with Gasteiger partial charge in [0.1, 0.15) is 0 Å². The van der Waals surface area contributed by atoms with Crippen LogP contribution in [0.3, 0.4) is 0 Å². The lowest BCUT2D eigenvalue weighted by atomic mass is 10.3. The van der Waals surface area contributed by atoms with E-state index in [-0.39, 0.29) is 5.91 Å². The molecule has 0 saturated heterocycles. The van der Waals surface area contributed by atoms with E-state index in [1.807, 2.05) is 0 Å². The molecular weight excluding hydrogens is 222 g/mol. The van der Waals surface area contributed by atoms with Crippen molar-refractivity contribution in [3.63, 3.8) is 0 Å². The normalized spacial score (nSPS) is 24.1. The van der Waals surface area contributed by atoms with Gasteiger partial charge in [0.25, 0.3) is 0 Å². The van der Waals surface area contributed by atoms with Gasteiger partial charge in [0, 0.05) is 24.3 Å². The van der Waals surface area contributed by atoms with Crippen molar-refractivity contribution in [2.75, 3.05) is 13.1 Å². The van der Waals surface area contributed by atoms with Gasteiger partial charge in [-0.3, -0.25) is 9.79 Å². The second-order valence-corrected chi connectivity index (χ2v) is 5.60. The fourth-order valence-corrected chi connectivity index (χ4v) is 2.50. The van der Waals surface area contributed by atoms with Crippen LogP contribution < -0.4 is 10.6 Å². The lowest BCUT2D eigenvalue weighted by Crippen LogP contribution is -2.30. The van der Waals surface area contributed by atoms with E-state index in [4.69, 9.17) is 0 Å². The first-order valence-electron chi connectivity index (χ1n) is 6.02. The van der Waals surface area contributed by atoms with Crippen LogP contribution in [-0.4, -0.2) is 35.5 Å². The molecule has 0 bridgehead atoms. The molecule has 2 N–H and O–H groups in total. The van der Waals surface area contributed by atoms with Gasteiger partial charge in [-0.05, 0) is 19.3 Å². The van der Waals surface area contributed by atoms with Crippen LogP contribution in [0.4, 0.5) is 0 Å². The minimum Gasteiger partial charge on any atom is -0.364 e. The predicted molar refractivity (Wildman–Crippen MR) is 67.8 cm³/mol. The Hall–Kier alpha value is -0.710. The molecule has 0 spiro atoms. The molecule has 1 amide bonds. The van der Waals surface area contributed by atoms with Gasteiger partial charge in [0.05, 0.1) is 6.54 Å². The van der Waals surface area contributed by atoms with E-state index >= 15 is 0 Å². The minimum absolute atomic E-state index is 0.158. The van der Waals surface area contributed by atoms with Crippen LogP contribution in [-0.2, 0) is 4.79 Å². The molecule has 1 atom stereocenters. The number of aliphatic imine (C=N–C) groups is 1. The third-order valence-electron chi connectivity index (χ3n) is 2.74.